The molecule has 0 aromatic rings. The lowest BCUT2D eigenvalue weighted by atomic mass is 9.92. The maximum absolute atomic E-state index is 5.90. The van der Waals surface area contributed by atoms with Gasteiger partial charge in [0.1, 0.15) is 0 Å². The summed E-state index contributed by atoms with van der Waals surface area (Å²) < 4.78 is 11.6. The average Bonchev–Trinajstić information content (AvgIpc) is 3.01. The van der Waals surface area contributed by atoms with Gasteiger partial charge < -0.3 is 20.1 Å². The second kappa shape index (κ2) is 8.00. The van der Waals surface area contributed by atoms with E-state index in [0.29, 0.717) is 30.2 Å². The Morgan fingerprint density at radius 1 is 1.17 bits per heavy atom. The molecule has 3 rings (SSSR count). The minimum absolute atomic E-state index is 0.163. The van der Waals surface area contributed by atoms with E-state index in [4.69, 9.17) is 9.47 Å². The van der Waals surface area contributed by atoms with E-state index in [1.807, 2.05) is 0 Å². The van der Waals surface area contributed by atoms with E-state index >= 15 is 0 Å². The van der Waals surface area contributed by atoms with Crippen LogP contribution >= 0.6 is 0 Å². The molecular weight excluding hydrogens is 302 g/mol. The fraction of sp³-hybridized carbons (Fsp3) is 1.00. The van der Waals surface area contributed by atoms with Crippen molar-refractivity contribution in [2.75, 3.05) is 39.4 Å². The summed E-state index contributed by atoms with van der Waals surface area (Å²) in [7, 11) is 0. The normalized spacial score (nSPS) is 39.2. The number of nitrogens with zero attached hydrogens (tertiary/aromatic N) is 1. The Bertz CT molecular complexity index is 388. The van der Waals surface area contributed by atoms with Crippen LogP contribution in [0.3, 0.4) is 0 Å². The quantitative estimate of drug-likeness (QED) is 0.797. The third-order valence-electron chi connectivity index (χ3n) is 6.11. The standard InChI is InChI=1S/C19H37N3O2/c1-14-10-22(11-15(2)24-14)19(3,4)13-21-17-7-5-6-16(17)18-12-23-9-8-20-18/h14-18,20-21H,5-13H2,1-4H3. The van der Waals surface area contributed by atoms with Crippen LogP contribution < -0.4 is 10.6 Å². The van der Waals surface area contributed by atoms with Gasteiger partial charge in [-0.2, -0.15) is 0 Å². The van der Waals surface area contributed by atoms with Crippen molar-refractivity contribution in [3.05, 3.63) is 0 Å². The molecule has 0 aromatic heterocycles. The maximum Gasteiger partial charge on any atom is 0.0678 e. The second-order valence-corrected chi connectivity index (χ2v) is 8.69. The molecule has 3 fully saturated rings. The van der Waals surface area contributed by atoms with Gasteiger partial charge in [-0.3, -0.25) is 4.90 Å². The first kappa shape index (κ1) is 18.6. The largest absolute Gasteiger partial charge is 0.379 e. The number of ether oxygens (including phenoxy) is 2. The second-order valence-electron chi connectivity index (χ2n) is 8.69. The number of hydrogen-bond donors (Lipinski definition) is 2. The average molecular weight is 340 g/mol. The first-order valence-corrected chi connectivity index (χ1v) is 9.91. The Morgan fingerprint density at radius 2 is 1.92 bits per heavy atom. The molecular formula is C19H37N3O2. The van der Waals surface area contributed by atoms with Crippen LogP contribution in [0.1, 0.15) is 47.0 Å². The monoisotopic (exact) mass is 339 g/mol. The van der Waals surface area contributed by atoms with Crippen molar-refractivity contribution in [2.24, 2.45) is 5.92 Å². The van der Waals surface area contributed by atoms with Crippen LogP contribution in [-0.4, -0.2) is 74.1 Å². The predicted octanol–water partition coefficient (Wildman–Crippen LogP) is 1.62. The maximum atomic E-state index is 5.90. The van der Waals surface area contributed by atoms with Crippen LogP contribution in [0.2, 0.25) is 0 Å². The molecule has 5 unspecified atom stereocenters. The van der Waals surface area contributed by atoms with Gasteiger partial charge in [0.25, 0.3) is 0 Å². The highest BCUT2D eigenvalue weighted by Gasteiger charge is 2.37. The van der Waals surface area contributed by atoms with E-state index in [1.54, 1.807) is 0 Å². The molecule has 5 atom stereocenters. The predicted molar refractivity (Wildman–Crippen MR) is 97.4 cm³/mol. The van der Waals surface area contributed by atoms with Crippen molar-refractivity contribution in [3.8, 4) is 0 Å². The Labute approximate surface area is 147 Å². The van der Waals surface area contributed by atoms with Crippen molar-refractivity contribution in [2.45, 2.75) is 76.8 Å². The Kier molecular flexibility index (Phi) is 6.20. The molecule has 0 amide bonds. The van der Waals surface area contributed by atoms with Crippen molar-refractivity contribution in [3.63, 3.8) is 0 Å². The van der Waals surface area contributed by atoms with Crippen LogP contribution in [0.25, 0.3) is 0 Å². The summed E-state index contributed by atoms with van der Waals surface area (Å²) in [4.78, 5) is 2.60. The van der Waals surface area contributed by atoms with Gasteiger partial charge >= 0.3 is 0 Å². The zero-order valence-electron chi connectivity index (χ0n) is 16.0. The summed E-state index contributed by atoms with van der Waals surface area (Å²) in [6.07, 6.45) is 4.62. The molecule has 2 saturated heterocycles. The van der Waals surface area contributed by atoms with Crippen LogP contribution in [-0.2, 0) is 9.47 Å². The molecule has 3 aliphatic rings. The number of nitrogens with one attached hydrogen (secondary N) is 2. The van der Waals surface area contributed by atoms with Gasteiger partial charge in [-0.1, -0.05) is 6.42 Å². The molecule has 0 aromatic carbocycles. The molecule has 0 radical (unpaired) electrons. The fourth-order valence-electron chi connectivity index (χ4n) is 4.75. The minimum Gasteiger partial charge on any atom is -0.379 e. The van der Waals surface area contributed by atoms with Crippen molar-refractivity contribution in [1.82, 2.24) is 15.5 Å². The summed E-state index contributed by atoms with van der Waals surface area (Å²) >= 11 is 0. The van der Waals surface area contributed by atoms with E-state index in [1.165, 1.54) is 19.3 Å². The van der Waals surface area contributed by atoms with E-state index in [-0.39, 0.29) is 5.54 Å². The van der Waals surface area contributed by atoms with Gasteiger partial charge in [-0.15, -0.1) is 0 Å². The Morgan fingerprint density at radius 3 is 2.58 bits per heavy atom. The highest BCUT2D eigenvalue weighted by atomic mass is 16.5. The molecule has 2 heterocycles. The van der Waals surface area contributed by atoms with Crippen LogP contribution in [0.4, 0.5) is 0 Å². The third kappa shape index (κ3) is 4.50. The molecule has 5 heteroatoms. The lowest BCUT2D eigenvalue weighted by Gasteiger charge is -2.46. The number of rotatable bonds is 5. The topological polar surface area (TPSA) is 45.8 Å². The summed E-state index contributed by atoms with van der Waals surface area (Å²) in [5.74, 6) is 0.712. The summed E-state index contributed by atoms with van der Waals surface area (Å²) in [5.41, 5.74) is 0.163. The van der Waals surface area contributed by atoms with Gasteiger partial charge in [0, 0.05) is 43.8 Å². The first-order chi connectivity index (χ1) is 11.5. The number of hydrogen-bond acceptors (Lipinski definition) is 5. The SMILES string of the molecule is CC1CN(C(C)(C)CNC2CCCC2C2COCCN2)CC(C)O1. The molecule has 140 valence electrons. The third-order valence-corrected chi connectivity index (χ3v) is 6.11. The molecule has 2 aliphatic heterocycles. The molecule has 24 heavy (non-hydrogen) atoms. The molecule has 1 aliphatic carbocycles. The summed E-state index contributed by atoms with van der Waals surface area (Å²) in [6, 6.07) is 1.16. The Hall–Kier alpha value is -0.200. The van der Waals surface area contributed by atoms with Gasteiger partial charge in [-0.25, -0.2) is 0 Å². The fourth-order valence-corrected chi connectivity index (χ4v) is 4.75. The van der Waals surface area contributed by atoms with Gasteiger partial charge in [-0.05, 0) is 46.5 Å². The van der Waals surface area contributed by atoms with Crippen molar-refractivity contribution >= 4 is 0 Å². The van der Waals surface area contributed by atoms with E-state index in [9.17, 15) is 0 Å². The highest BCUT2D eigenvalue weighted by molar-refractivity contribution is 4.95. The molecule has 5 nitrogen and oxygen atoms in total. The van der Waals surface area contributed by atoms with E-state index < -0.39 is 0 Å². The molecule has 2 N–H and O–H groups in total. The van der Waals surface area contributed by atoms with Gasteiger partial charge in [0.15, 0.2) is 0 Å². The zero-order valence-corrected chi connectivity index (χ0v) is 16.0. The van der Waals surface area contributed by atoms with Crippen LogP contribution in [0, 0.1) is 5.92 Å². The van der Waals surface area contributed by atoms with Crippen molar-refractivity contribution in [1.29, 1.82) is 0 Å². The highest BCUT2D eigenvalue weighted by Crippen LogP contribution is 2.30. The van der Waals surface area contributed by atoms with E-state index in [2.05, 4.69) is 43.2 Å². The zero-order chi connectivity index (χ0) is 17.2. The van der Waals surface area contributed by atoms with Crippen LogP contribution in [0.15, 0.2) is 0 Å². The lowest BCUT2D eigenvalue weighted by Crippen LogP contribution is -2.60. The first-order valence-electron chi connectivity index (χ1n) is 9.91. The smallest absolute Gasteiger partial charge is 0.0678 e. The summed E-state index contributed by atoms with van der Waals surface area (Å²) in [6.45, 7) is 15.0. The lowest BCUT2D eigenvalue weighted by molar-refractivity contribution is -0.0957. The molecule has 1 saturated carbocycles. The van der Waals surface area contributed by atoms with Gasteiger partial charge in [0.2, 0.25) is 0 Å². The minimum atomic E-state index is 0.163. The van der Waals surface area contributed by atoms with E-state index in [0.717, 1.165) is 39.4 Å². The Balaban J connectivity index is 1.53. The summed E-state index contributed by atoms with van der Waals surface area (Å²) in [5, 5.41) is 7.59. The van der Waals surface area contributed by atoms with Gasteiger partial charge in [0.05, 0.1) is 25.4 Å². The molecule has 0 bridgehead atoms. The van der Waals surface area contributed by atoms with Crippen molar-refractivity contribution < 1.29 is 9.47 Å². The van der Waals surface area contributed by atoms with Crippen LogP contribution in [0.5, 0.6) is 0 Å². The molecule has 0 spiro atoms. The number of morpholine rings is 2.